The summed E-state index contributed by atoms with van der Waals surface area (Å²) >= 11 is 0. The summed E-state index contributed by atoms with van der Waals surface area (Å²) in [6, 6.07) is 5.83. The van der Waals surface area contributed by atoms with Crippen molar-refractivity contribution in [3.05, 3.63) is 23.8 Å². The largest absolute Gasteiger partial charge is 0.497 e. The van der Waals surface area contributed by atoms with E-state index >= 15 is 0 Å². The van der Waals surface area contributed by atoms with Crippen LogP contribution in [0, 0.1) is 5.92 Å². The first-order chi connectivity index (χ1) is 9.47. The quantitative estimate of drug-likeness (QED) is 0.769. The van der Waals surface area contributed by atoms with E-state index in [1.54, 1.807) is 14.2 Å². The number of aliphatic hydroxyl groups is 1. The molecule has 0 aliphatic carbocycles. The third-order valence-corrected chi connectivity index (χ3v) is 3.31. The first kappa shape index (κ1) is 16.8. The SMILES string of the molecule is COc1ccc(OC)c(C(C)NCC(O)CC(C)C)c1. The zero-order valence-electron chi connectivity index (χ0n) is 13.1. The number of methoxy groups -OCH3 is 2. The summed E-state index contributed by atoms with van der Waals surface area (Å²) in [6.45, 7) is 6.84. The second-order valence-electron chi connectivity index (χ2n) is 5.52. The zero-order chi connectivity index (χ0) is 15.1. The van der Waals surface area contributed by atoms with Gasteiger partial charge in [-0.15, -0.1) is 0 Å². The number of rotatable bonds is 8. The second-order valence-corrected chi connectivity index (χ2v) is 5.52. The molecule has 20 heavy (non-hydrogen) atoms. The zero-order valence-corrected chi connectivity index (χ0v) is 13.1. The van der Waals surface area contributed by atoms with Gasteiger partial charge in [-0.2, -0.15) is 0 Å². The third-order valence-electron chi connectivity index (χ3n) is 3.31. The van der Waals surface area contributed by atoms with Crippen LogP contribution in [0.2, 0.25) is 0 Å². The van der Waals surface area contributed by atoms with Crippen molar-refractivity contribution in [3.63, 3.8) is 0 Å². The lowest BCUT2D eigenvalue weighted by molar-refractivity contribution is 0.143. The maximum atomic E-state index is 9.92. The molecule has 1 aromatic carbocycles. The molecule has 0 fully saturated rings. The van der Waals surface area contributed by atoms with Crippen LogP contribution in [0.15, 0.2) is 18.2 Å². The Morgan fingerprint density at radius 3 is 2.40 bits per heavy atom. The number of aliphatic hydroxyl groups excluding tert-OH is 1. The minimum Gasteiger partial charge on any atom is -0.497 e. The molecule has 114 valence electrons. The number of hydrogen-bond donors (Lipinski definition) is 2. The van der Waals surface area contributed by atoms with E-state index in [1.807, 2.05) is 18.2 Å². The molecule has 0 saturated heterocycles. The van der Waals surface area contributed by atoms with Crippen molar-refractivity contribution in [1.82, 2.24) is 5.32 Å². The maximum absolute atomic E-state index is 9.92. The molecule has 2 atom stereocenters. The van der Waals surface area contributed by atoms with Crippen molar-refractivity contribution in [2.45, 2.75) is 39.3 Å². The fraction of sp³-hybridized carbons (Fsp3) is 0.625. The summed E-state index contributed by atoms with van der Waals surface area (Å²) in [5, 5.41) is 13.3. The van der Waals surface area contributed by atoms with Crippen LogP contribution in [-0.4, -0.2) is 32.0 Å². The van der Waals surface area contributed by atoms with Gasteiger partial charge < -0.3 is 19.9 Å². The van der Waals surface area contributed by atoms with Crippen LogP contribution < -0.4 is 14.8 Å². The van der Waals surface area contributed by atoms with E-state index in [0.29, 0.717) is 12.5 Å². The van der Waals surface area contributed by atoms with Gasteiger partial charge in [-0.25, -0.2) is 0 Å². The highest BCUT2D eigenvalue weighted by atomic mass is 16.5. The van der Waals surface area contributed by atoms with E-state index in [0.717, 1.165) is 23.5 Å². The Labute approximate surface area is 122 Å². The number of ether oxygens (including phenoxy) is 2. The van der Waals surface area contributed by atoms with Gasteiger partial charge in [0.25, 0.3) is 0 Å². The van der Waals surface area contributed by atoms with E-state index in [9.17, 15) is 5.11 Å². The van der Waals surface area contributed by atoms with Gasteiger partial charge in [-0.1, -0.05) is 13.8 Å². The number of benzene rings is 1. The van der Waals surface area contributed by atoms with Gasteiger partial charge >= 0.3 is 0 Å². The van der Waals surface area contributed by atoms with E-state index in [1.165, 1.54) is 0 Å². The Bertz CT molecular complexity index is 407. The van der Waals surface area contributed by atoms with Crippen LogP contribution in [-0.2, 0) is 0 Å². The molecule has 0 amide bonds. The van der Waals surface area contributed by atoms with Crippen molar-refractivity contribution in [3.8, 4) is 11.5 Å². The van der Waals surface area contributed by atoms with Crippen molar-refractivity contribution in [1.29, 1.82) is 0 Å². The second kappa shape index (κ2) is 8.12. The summed E-state index contributed by atoms with van der Waals surface area (Å²) in [4.78, 5) is 0. The Morgan fingerprint density at radius 2 is 1.85 bits per heavy atom. The van der Waals surface area contributed by atoms with E-state index in [-0.39, 0.29) is 12.1 Å². The van der Waals surface area contributed by atoms with E-state index in [4.69, 9.17) is 9.47 Å². The minimum absolute atomic E-state index is 0.0851. The monoisotopic (exact) mass is 281 g/mol. The summed E-state index contributed by atoms with van der Waals surface area (Å²) < 4.78 is 10.6. The lowest BCUT2D eigenvalue weighted by Gasteiger charge is -2.20. The molecular weight excluding hydrogens is 254 g/mol. The Morgan fingerprint density at radius 1 is 1.15 bits per heavy atom. The molecule has 2 unspecified atom stereocenters. The first-order valence-corrected chi connectivity index (χ1v) is 7.11. The third kappa shape index (κ3) is 5.02. The Hall–Kier alpha value is -1.26. The van der Waals surface area contributed by atoms with Crippen LogP contribution in [0.1, 0.15) is 38.8 Å². The van der Waals surface area contributed by atoms with Crippen molar-refractivity contribution >= 4 is 0 Å². The summed E-state index contributed by atoms with van der Waals surface area (Å²) in [5.41, 5.74) is 1.03. The van der Waals surface area contributed by atoms with Gasteiger partial charge in [0.2, 0.25) is 0 Å². The van der Waals surface area contributed by atoms with Gasteiger partial charge in [0.05, 0.1) is 20.3 Å². The molecule has 1 rings (SSSR count). The highest BCUT2D eigenvalue weighted by Crippen LogP contribution is 2.29. The lowest BCUT2D eigenvalue weighted by atomic mass is 10.0. The Balaban J connectivity index is 2.68. The van der Waals surface area contributed by atoms with E-state index in [2.05, 4.69) is 26.1 Å². The highest BCUT2D eigenvalue weighted by Gasteiger charge is 2.14. The smallest absolute Gasteiger partial charge is 0.123 e. The predicted molar refractivity (Wildman–Crippen MR) is 81.4 cm³/mol. The standard InChI is InChI=1S/C16H27NO3/c1-11(2)8-13(18)10-17-12(3)15-9-14(19-4)6-7-16(15)20-5/h6-7,9,11-13,17-18H,8,10H2,1-5H3. The van der Waals surface area contributed by atoms with Gasteiger partial charge in [0.1, 0.15) is 11.5 Å². The van der Waals surface area contributed by atoms with Crippen LogP contribution in [0.25, 0.3) is 0 Å². The van der Waals surface area contributed by atoms with E-state index < -0.39 is 0 Å². The van der Waals surface area contributed by atoms with Gasteiger partial charge in [-0.05, 0) is 37.5 Å². The first-order valence-electron chi connectivity index (χ1n) is 7.11. The topological polar surface area (TPSA) is 50.7 Å². The summed E-state index contributed by atoms with van der Waals surface area (Å²) in [7, 11) is 3.31. The molecule has 0 heterocycles. The lowest BCUT2D eigenvalue weighted by Crippen LogP contribution is -2.30. The Kier molecular flexibility index (Phi) is 6.82. The van der Waals surface area contributed by atoms with Crippen LogP contribution in [0.4, 0.5) is 0 Å². The van der Waals surface area contributed by atoms with Crippen molar-refractivity contribution in [2.24, 2.45) is 5.92 Å². The average Bonchev–Trinajstić information content (AvgIpc) is 2.43. The van der Waals surface area contributed by atoms with Gasteiger partial charge in [-0.3, -0.25) is 0 Å². The fourth-order valence-corrected chi connectivity index (χ4v) is 2.23. The molecular formula is C16H27NO3. The van der Waals surface area contributed by atoms with Gasteiger partial charge in [0, 0.05) is 18.2 Å². The molecule has 0 bridgehead atoms. The molecule has 0 aromatic heterocycles. The predicted octanol–water partition coefficient (Wildman–Crippen LogP) is 2.76. The number of hydrogen-bond acceptors (Lipinski definition) is 4. The molecule has 2 N–H and O–H groups in total. The minimum atomic E-state index is -0.325. The fourth-order valence-electron chi connectivity index (χ4n) is 2.23. The van der Waals surface area contributed by atoms with Crippen LogP contribution in [0.5, 0.6) is 11.5 Å². The van der Waals surface area contributed by atoms with Crippen LogP contribution in [0.3, 0.4) is 0 Å². The molecule has 0 aliphatic heterocycles. The molecule has 0 radical (unpaired) electrons. The highest BCUT2D eigenvalue weighted by molar-refractivity contribution is 5.42. The normalized spacial score (nSPS) is 14.2. The summed E-state index contributed by atoms with van der Waals surface area (Å²) in [6.07, 6.45) is 0.476. The molecule has 1 aromatic rings. The van der Waals surface area contributed by atoms with Crippen LogP contribution >= 0.6 is 0 Å². The molecule has 4 heteroatoms. The average molecular weight is 281 g/mol. The molecule has 0 saturated carbocycles. The molecule has 0 spiro atoms. The maximum Gasteiger partial charge on any atom is 0.123 e. The molecule has 0 aliphatic rings. The van der Waals surface area contributed by atoms with Gasteiger partial charge in [0.15, 0.2) is 0 Å². The van der Waals surface area contributed by atoms with Crippen molar-refractivity contribution < 1.29 is 14.6 Å². The number of nitrogens with one attached hydrogen (secondary N) is 1. The van der Waals surface area contributed by atoms with Crippen molar-refractivity contribution in [2.75, 3.05) is 20.8 Å². The summed E-state index contributed by atoms with van der Waals surface area (Å²) in [5.74, 6) is 2.12. The molecule has 4 nitrogen and oxygen atoms in total.